The van der Waals surface area contributed by atoms with Crippen LogP contribution in [-0.4, -0.2) is 35.6 Å². The third-order valence-electron chi connectivity index (χ3n) is 3.97. The number of benzene rings is 2. The summed E-state index contributed by atoms with van der Waals surface area (Å²) in [5.41, 5.74) is 0.460. The summed E-state index contributed by atoms with van der Waals surface area (Å²) >= 11 is 0. The summed E-state index contributed by atoms with van der Waals surface area (Å²) in [5, 5.41) is 16.0. The summed E-state index contributed by atoms with van der Waals surface area (Å²) in [6.07, 6.45) is -1.02. The van der Waals surface area contributed by atoms with E-state index in [1.807, 2.05) is 0 Å². The molecule has 0 unspecified atom stereocenters. The molecule has 0 aliphatic rings. The smallest absolute Gasteiger partial charge is 0.321 e. The van der Waals surface area contributed by atoms with Crippen molar-refractivity contribution in [2.75, 3.05) is 7.11 Å². The van der Waals surface area contributed by atoms with Crippen LogP contribution in [0.2, 0.25) is 0 Å². The zero-order chi connectivity index (χ0) is 22.5. The van der Waals surface area contributed by atoms with Crippen molar-refractivity contribution < 1.29 is 24.0 Å². The van der Waals surface area contributed by atoms with Gasteiger partial charge in [0.25, 0.3) is 11.6 Å². The van der Waals surface area contributed by atoms with Gasteiger partial charge in [0.15, 0.2) is 6.10 Å². The molecule has 0 radical (unpaired) electrons. The largest absolute Gasteiger partial charge is 0.497 e. The molecule has 0 aromatic heterocycles. The molecule has 2 rings (SSSR count). The van der Waals surface area contributed by atoms with Crippen molar-refractivity contribution in [1.82, 2.24) is 10.6 Å². The fraction of sp³-hybridized carbons (Fsp3) is 0.333. The Morgan fingerprint density at radius 2 is 1.73 bits per heavy atom. The third kappa shape index (κ3) is 6.20. The van der Waals surface area contributed by atoms with Gasteiger partial charge in [0.05, 0.1) is 12.0 Å². The lowest BCUT2D eigenvalue weighted by molar-refractivity contribution is -0.384. The number of rotatable bonds is 6. The quantitative estimate of drug-likeness (QED) is 0.549. The SMILES string of the molecule is COc1ccc(-c2cc([N+](=O)[O-])ccc2O[C@H](C)C(=O)NC(=O)NC(C)(C)C)cc1. The molecule has 160 valence electrons. The second kappa shape index (κ2) is 9.25. The lowest BCUT2D eigenvalue weighted by Gasteiger charge is -2.22. The molecule has 0 saturated heterocycles. The number of hydrogen-bond donors (Lipinski definition) is 2. The van der Waals surface area contributed by atoms with Crippen LogP contribution in [0, 0.1) is 10.1 Å². The molecule has 30 heavy (non-hydrogen) atoms. The van der Waals surface area contributed by atoms with E-state index in [1.54, 1.807) is 45.0 Å². The van der Waals surface area contributed by atoms with E-state index in [1.165, 1.54) is 32.2 Å². The Bertz CT molecular complexity index is 935. The highest BCUT2D eigenvalue weighted by Crippen LogP contribution is 2.35. The topological polar surface area (TPSA) is 120 Å². The molecular formula is C21H25N3O6. The van der Waals surface area contributed by atoms with E-state index in [0.29, 0.717) is 16.9 Å². The second-order valence-electron chi connectivity index (χ2n) is 7.62. The Morgan fingerprint density at radius 1 is 1.10 bits per heavy atom. The number of imide groups is 1. The van der Waals surface area contributed by atoms with Gasteiger partial charge >= 0.3 is 6.03 Å². The first-order chi connectivity index (χ1) is 14.0. The van der Waals surface area contributed by atoms with E-state index in [9.17, 15) is 19.7 Å². The van der Waals surface area contributed by atoms with Crippen molar-refractivity contribution in [2.24, 2.45) is 0 Å². The van der Waals surface area contributed by atoms with E-state index in [0.717, 1.165) is 0 Å². The molecule has 9 nitrogen and oxygen atoms in total. The number of methoxy groups -OCH3 is 1. The number of non-ortho nitro benzene ring substituents is 1. The van der Waals surface area contributed by atoms with Gasteiger partial charge in [-0.05, 0) is 51.5 Å². The first-order valence-electron chi connectivity index (χ1n) is 9.22. The lowest BCUT2D eigenvalue weighted by atomic mass is 10.0. The zero-order valence-electron chi connectivity index (χ0n) is 17.5. The number of carbonyl (C=O) groups is 2. The number of carbonyl (C=O) groups excluding carboxylic acids is 2. The van der Waals surface area contributed by atoms with Crippen LogP contribution in [-0.2, 0) is 4.79 Å². The Morgan fingerprint density at radius 3 is 2.27 bits per heavy atom. The second-order valence-corrected chi connectivity index (χ2v) is 7.62. The van der Waals surface area contributed by atoms with Crippen LogP contribution in [0.5, 0.6) is 11.5 Å². The van der Waals surface area contributed by atoms with Gasteiger partial charge in [-0.2, -0.15) is 0 Å². The van der Waals surface area contributed by atoms with E-state index in [2.05, 4.69) is 10.6 Å². The maximum Gasteiger partial charge on any atom is 0.321 e. The van der Waals surface area contributed by atoms with Gasteiger partial charge in [0.1, 0.15) is 11.5 Å². The van der Waals surface area contributed by atoms with Gasteiger partial charge < -0.3 is 14.8 Å². The summed E-state index contributed by atoms with van der Waals surface area (Å²) < 4.78 is 10.9. The van der Waals surface area contributed by atoms with E-state index < -0.39 is 28.5 Å². The van der Waals surface area contributed by atoms with Gasteiger partial charge in [-0.25, -0.2) is 4.79 Å². The molecule has 0 aliphatic heterocycles. The molecule has 9 heteroatoms. The van der Waals surface area contributed by atoms with E-state index >= 15 is 0 Å². The van der Waals surface area contributed by atoms with Crippen LogP contribution in [0.15, 0.2) is 42.5 Å². The van der Waals surface area contributed by atoms with Crippen molar-refractivity contribution in [3.63, 3.8) is 0 Å². The molecule has 0 saturated carbocycles. The summed E-state index contributed by atoms with van der Waals surface area (Å²) in [6, 6.07) is 10.3. The number of nitro benzene ring substituents is 1. The Balaban J connectivity index is 2.26. The fourth-order valence-electron chi connectivity index (χ4n) is 2.56. The van der Waals surface area contributed by atoms with Crippen LogP contribution in [0.4, 0.5) is 10.5 Å². The predicted molar refractivity (Wildman–Crippen MR) is 112 cm³/mol. The maximum atomic E-state index is 12.3. The predicted octanol–water partition coefficient (Wildman–Crippen LogP) is 3.66. The minimum atomic E-state index is -1.02. The fourth-order valence-corrected chi connectivity index (χ4v) is 2.56. The zero-order valence-corrected chi connectivity index (χ0v) is 17.5. The van der Waals surface area contributed by atoms with Crippen LogP contribution < -0.4 is 20.1 Å². The minimum absolute atomic E-state index is 0.116. The van der Waals surface area contributed by atoms with Crippen molar-refractivity contribution in [1.29, 1.82) is 0 Å². The number of nitro groups is 1. The van der Waals surface area contributed by atoms with Crippen molar-refractivity contribution >= 4 is 17.6 Å². The molecule has 3 amide bonds. The van der Waals surface area contributed by atoms with Crippen molar-refractivity contribution in [3.8, 4) is 22.6 Å². The molecule has 0 fully saturated rings. The average molecular weight is 415 g/mol. The molecule has 0 spiro atoms. The number of ether oxygens (including phenoxy) is 2. The van der Waals surface area contributed by atoms with Gasteiger partial charge in [0.2, 0.25) is 0 Å². The summed E-state index contributed by atoms with van der Waals surface area (Å²) in [6.45, 7) is 6.85. The Kier molecular flexibility index (Phi) is 6.99. The molecule has 0 aliphatic carbocycles. The number of amides is 3. The highest BCUT2D eigenvalue weighted by atomic mass is 16.6. The normalized spacial score (nSPS) is 11.9. The molecule has 2 N–H and O–H groups in total. The standard InChI is InChI=1S/C21H25N3O6/c1-13(19(25)22-20(26)23-21(2,3)4)30-18-11-8-15(24(27)28)12-17(18)14-6-9-16(29-5)10-7-14/h6-13H,1-5H3,(H2,22,23,25,26)/t13-/m1/s1. The highest BCUT2D eigenvalue weighted by molar-refractivity contribution is 5.96. The van der Waals surface area contributed by atoms with E-state index in [4.69, 9.17) is 9.47 Å². The highest BCUT2D eigenvalue weighted by Gasteiger charge is 2.22. The summed E-state index contributed by atoms with van der Waals surface area (Å²) in [7, 11) is 1.53. The van der Waals surface area contributed by atoms with Crippen molar-refractivity contribution in [3.05, 3.63) is 52.6 Å². The van der Waals surface area contributed by atoms with Crippen LogP contribution in [0.1, 0.15) is 27.7 Å². The monoisotopic (exact) mass is 415 g/mol. The van der Waals surface area contributed by atoms with Crippen LogP contribution >= 0.6 is 0 Å². The molecule has 2 aromatic rings. The molecule has 2 aromatic carbocycles. The molecule has 0 heterocycles. The summed E-state index contributed by atoms with van der Waals surface area (Å²) in [4.78, 5) is 34.9. The average Bonchev–Trinajstić information content (AvgIpc) is 2.66. The van der Waals surface area contributed by atoms with Gasteiger partial charge in [-0.3, -0.25) is 20.2 Å². The van der Waals surface area contributed by atoms with Gasteiger partial charge in [0, 0.05) is 23.2 Å². The first kappa shape index (κ1) is 22.7. The lowest BCUT2D eigenvalue weighted by Crippen LogP contribution is -2.50. The molecule has 0 bridgehead atoms. The number of urea groups is 1. The Hall–Kier alpha value is -3.62. The molecule has 1 atom stereocenters. The van der Waals surface area contributed by atoms with Crippen molar-refractivity contribution in [2.45, 2.75) is 39.3 Å². The van der Waals surface area contributed by atoms with Crippen LogP contribution in [0.3, 0.4) is 0 Å². The first-order valence-corrected chi connectivity index (χ1v) is 9.22. The third-order valence-corrected chi connectivity index (χ3v) is 3.97. The Labute approximate surface area is 174 Å². The number of hydrogen-bond acceptors (Lipinski definition) is 6. The number of nitrogens with zero attached hydrogens (tertiary/aromatic N) is 1. The number of nitrogens with one attached hydrogen (secondary N) is 2. The minimum Gasteiger partial charge on any atom is -0.497 e. The van der Waals surface area contributed by atoms with Gasteiger partial charge in [-0.1, -0.05) is 12.1 Å². The van der Waals surface area contributed by atoms with Gasteiger partial charge in [-0.15, -0.1) is 0 Å². The van der Waals surface area contributed by atoms with E-state index in [-0.39, 0.29) is 11.4 Å². The summed E-state index contributed by atoms with van der Waals surface area (Å²) in [5.74, 6) is 0.254. The molecular weight excluding hydrogens is 390 g/mol. The maximum absolute atomic E-state index is 12.3. The van der Waals surface area contributed by atoms with Crippen LogP contribution in [0.25, 0.3) is 11.1 Å².